The summed E-state index contributed by atoms with van der Waals surface area (Å²) in [5.41, 5.74) is 3.07. The maximum Gasteiger partial charge on any atom is 0.261 e. The molecule has 2 aromatic carbocycles. The normalized spacial score (nSPS) is 18.0. The maximum atomic E-state index is 13.2. The summed E-state index contributed by atoms with van der Waals surface area (Å²) in [6, 6.07) is 16.1. The Bertz CT molecular complexity index is 1430. The van der Waals surface area contributed by atoms with Crippen LogP contribution >= 0.6 is 0 Å². The van der Waals surface area contributed by atoms with E-state index in [1.807, 2.05) is 19.1 Å². The number of piperazine rings is 1. The molecule has 1 aromatic heterocycles. The first-order chi connectivity index (χ1) is 17.8. The van der Waals surface area contributed by atoms with E-state index in [9.17, 15) is 18.0 Å². The summed E-state index contributed by atoms with van der Waals surface area (Å²) in [6.07, 6.45) is 1.21. The molecular weight excluding hydrogens is 494 g/mol. The molecule has 0 aliphatic carbocycles. The van der Waals surface area contributed by atoms with Gasteiger partial charge in [0.2, 0.25) is 21.0 Å². The van der Waals surface area contributed by atoms with Crippen LogP contribution in [0.3, 0.4) is 0 Å². The van der Waals surface area contributed by atoms with Crippen molar-refractivity contribution in [1.82, 2.24) is 15.1 Å². The van der Waals surface area contributed by atoms with Crippen LogP contribution in [0.1, 0.15) is 22.5 Å². The number of sulfone groups is 1. The van der Waals surface area contributed by atoms with Crippen LogP contribution in [0, 0.1) is 6.92 Å². The number of carbonyl (C=O) groups excluding carboxylic acids is 1. The molecule has 194 valence electrons. The Morgan fingerprint density at radius 3 is 2.49 bits per heavy atom. The van der Waals surface area contributed by atoms with Gasteiger partial charge in [0.15, 0.2) is 12.0 Å². The van der Waals surface area contributed by atoms with E-state index in [4.69, 9.17) is 9.15 Å². The number of nitrogens with one attached hydrogen (secondary N) is 1. The molecule has 0 spiro atoms. The van der Waals surface area contributed by atoms with Crippen molar-refractivity contribution >= 4 is 15.7 Å². The highest BCUT2D eigenvalue weighted by atomic mass is 32.2. The van der Waals surface area contributed by atoms with Crippen molar-refractivity contribution in [1.29, 1.82) is 0 Å². The van der Waals surface area contributed by atoms with Crippen molar-refractivity contribution in [3.63, 3.8) is 0 Å². The topological polar surface area (TPSA) is 109 Å². The molecule has 1 atom stereocenters. The lowest BCUT2D eigenvalue weighted by atomic mass is 10.1. The van der Waals surface area contributed by atoms with Gasteiger partial charge in [0.25, 0.3) is 5.91 Å². The summed E-state index contributed by atoms with van der Waals surface area (Å²) in [6.45, 7) is 4.23. The molecule has 37 heavy (non-hydrogen) atoms. The summed E-state index contributed by atoms with van der Waals surface area (Å²) in [5.74, 6) is -0.0989. The van der Waals surface area contributed by atoms with E-state index in [1.165, 1.54) is 28.4 Å². The first-order valence-electron chi connectivity index (χ1n) is 12.2. The van der Waals surface area contributed by atoms with Gasteiger partial charge >= 0.3 is 0 Å². The fourth-order valence-electron chi connectivity index (χ4n) is 4.71. The molecule has 1 fully saturated rings. The minimum Gasteiger partial charge on any atom is -0.477 e. The van der Waals surface area contributed by atoms with Crippen LogP contribution in [-0.4, -0.2) is 55.7 Å². The van der Waals surface area contributed by atoms with Crippen molar-refractivity contribution in [3.05, 3.63) is 93.5 Å². The summed E-state index contributed by atoms with van der Waals surface area (Å²) < 4.78 is 37.6. The van der Waals surface area contributed by atoms with Gasteiger partial charge in [0.1, 0.15) is 12.0 Å². The Morgan fingerprint density at radius 2 is 1.81 bits per heavy atom. The zero-order valence-corrected chi connectivity index (χ0v) is 21.4. The second-order valence-electron chi connectivity index (χ2n) is 9.38. The average Bonchev–Trinajstić information content (AvgIpc) is 3.30. The zero-order chi connectivity index (χ0) is 26.0. The Labute approximate surface area is 215 Å². The Hall–Kier alpha value is -3.47. The maximum absolute atomic E-state index is 13.2. The van der Waals surface area contributed by atoms with Crippen LogP contribution in [-0.2, 0) is 34.3 Å². The third kappa shape index (κ3) is 5.46. The SMILES string of the molecule is Cc1ccc(S(=O)(=O)C2CNCCN2C(=O)COc2coc(CN3Cc4ccccc4C3)cc2=O)cc1. The monoisotopic (exact) mass is 523 g/mol. The molecule has 1 unspecified atom stereocenters. The number of hydrogen-bond acceptors (Lipinski definition) is 8. The molecule has 0 bridgehead atoms. The third-order valence-corrected chi connectivity index (χ3v) is 8.78. The first kappa shape index (κ1) is 25.2. The van der Waals surface area contributed by atoms with Gasteiger partial charge < -0.3 is 19.4 Å². The van der Waals surface area contributed by atoms with E-state index in [0.717, 1.165) is 18.7 Å². The van der Waals surface area contributed by atoms with Gasteiger partial charge in [-0.25, -0.2) is 8.42 Å². The Balaban J connectivity index is 1.22. The van der Waals surface area contributed by atoms with Crippen LogP contribution in [0.15, 0.2) is 75.0 Å². The molecular formula is C27H29N3O6S. The largest absolute Gasteiger partial charge is 0.477 e. The van der Waals surface area contributed by atoms with Crippen LogP contribution in [0.2, 0.25) is 0 Å². The van der Waals surface area contributed by atoms with Crippen LogP contribution in [0.5, 0.6) is 5.75 Å². The van der Waals surface area contributed by atoms with E-state index in [2.05, 4.69) is 22.3 Å². The number of fused-ring (bicyclic) bond motifs is 1. The number of amides is 1. The number of nitrogens with zero attached hydrogens (tertiary/aromatic N) is 2. The second kappa shape index (κ2) is 10.5. The minimum absolute atomic E-state index is 0.0881. The van der Waals surface area contributed by atoms with Crippen LogP contribution < -0.4 is 15.5 Å². The predicted molar refractivity (Wildman–Crippen MR) is 137 cm³/mol. The second-order valence-corrected chi connectivity index (χ2v) is 11.5. The highest BCUT2D eigenvalue weighted by Gasteiger charge is 2.37. The molecule has 10 heteroatoms. The van der Waals surface area contributed by atoms with Crippen LogP contribution in [0.25, 0.3) is 0 Å². The standard InChI is InChI=1S/C27H29N3O6S/c1-19-6-8-23(9-7-19)37(33,34)27-13-28-10-11-30(27)26(32)18-36-25-17-35-22(12-24(25)31)16-29-14-20-4-2-3-5-21(20)15-29/h2-9,12,17,27-28H,10-11,13-16,18H2,1H3. The van der Waals surface area contributed by atoms with Gasteiger partial charge in [-0.15, -0.1) is 0 Å². The van der Waals surface area contributed by atoms with Gasteiger partial charge in [0, 0.05) is 38.8 Å². The zero-order valence-electron chi connectivity index (χ0n) is 20.6. The molecule has 1 N–H and O–H groups in total. The van der Waals surface area contributed by atoms with E-state index < -0.39 is 33.2 Å². The summed E-state index contributed by atoms with van der Waals surface area (Å²) in [4.78, 5) is 29.2. The van der Waals surface area contributed by atoms with Crippen molar-refractivity contribution < 1.29 is 22.4 Å². The Kier molecular flexibility index (Phi) is 7.14. The molecule has 2 aliphatic rings. The summed E-state index contributed by atoms with van der Waals surface area (Å²) in [5, 5.41) is 1.98. The van der Waals surface area contributed by atoms with Gasteiger partial charge in [-0.2, -0.15) is 0 Å². The third-order valence-electron chi connectivity index (χ3n) is 6.71. The lowest BCUT2D eigenvalue weighted by molar-refractivity contribution is -0.134. The molecule has 2 aliphatic heterocycles. The highest BCUT2D eigenvalue weighted by molar-refractivity contribution is 7.92. The number of aryl methyl sites for hydroxylation is 1. The fourth-order valence-corrected chi connectivity index (χ4v) is 6.44. The van der Waals surface area contributed by atoms with E-state index >= 15 is 0 Å². The van der Waals surface area contributed by atoms with E-state index in [0.29, 0.717) is 18.8 Å². The van der Waals surface area contributed by atoms with E-state index in [-0.39, 0.29) is 23.7 Å². The molecule has 0 saturated carbocycles. The number of hydrogen-bond donors (Lipinski definition) is 1. The molecule has 5 rings (SSSR count). The predicted octanol–water partition coefficient (Wildman–Crippen LogP) is 2.07. The summed E-state index contributed by atoms with van der Waals surface area (Å²) >= 11 is 0. The summed E-state index contributed by atoms with van der Waals surface area (Å²) in [7, 11) is -3.80. The number of rotatable bonds is 7. The van der Waals surface area contributed by atoms with Gasteiger partial charge in [0.05, 0.1) is 11.4 Å². The van der Waals surface area contributed by atoms with Crippen molar-refractivity contribution in [3.8, 4) is 5.75 Å². The molecule has 0 radical (unpaired) electrons. The van der Waals surface area contributed by atoms with Crippen molar-refractivity contribution in [2.24, 2.45) is 0 Å². The molecule has 3 aromatic rings. The highest BCUT2D eigenvalue weighted by Crippen LogP contribution is 2.24. The van der Waals surface area contributed by atoms with Crippen molar-refractivity contribution in [2.45, 2.75) is 36.8 Å². The van der Waals surface area contributed by atoms with Gasteiger partial charge in [-0.3, -0.25) is 14.5 Å². The number of ether oxygens (including phenoxy) is 1. The molecule has 3 heterocycles. The van der Waals surface area contributed by atoms with Crippen LogP contribution in [0.4, 0.5) is 0 Å². The van der Waals surface area contributed by atoms with Gasteiger partial charge in [-0.05, 0) is 30.2 Å². The average molecular weight is 524 g/mol. The van der Waals surface area contributed by atoms with E-state index in [1.54, 1.807) is 24.3 Å². The first-order valence-corrected chi connectivity index (χ1v) is 13.7. The molecule has 9 nitrogen and oxygen atoms in total. The Morgan fingerprint density at radius 1 is 1.11 bits per heavy atom. The number of benzene rings is 2. The minimum atomic E-state index is -3.80. The van der Waals surface area contributed by atoms with Crippen molar-refractivity contribution in [2.75, 3.05) is 26.2 Å². The lowest BCUT2D eigenvalue weighted by Crippen LogP contribution is -2.57. The molecule has 1 amide bonds. The fraction of sp³-hybridized carbons (Fsp3) is 0.333. The quantitative estimate of drug-likeness (QED) is 0.502. The number of carbonyl (C=O) groups is 1. The van der Waals surface area contributed by atoms with Gasteiger partial charge in [-0.1, -0.05) is 42.0 Å². The smallest absolute Gasteiger partial charge is 0.261 e. The molecule has 1 saturated heterocycles. The lowest BCUT2D eigenvalue weighted by Gasteiger charge is -2.35.